The molecule has 4 rings (SSSR count). The lowest BCUT2D eigenvalue weighted by Gasteiger charge is -2.24. The van der Waals surface area contributed by atoms with Crippen LogP contribution in [-0.2, 0) is 13.1 Å². The van der Waals surface area contributed by atoms with Crippen molar-refractivity contribution in [2.75, 3.05) is 26.2 Å². The van der Waals surface area contributed by atoms with E-state index in [4.69, 9.17) is 9.97 Å². The van der Waals surface area contributed by atoms with Gasteiger partial charge in [0.1, 0.15) is 26.2 Å². The zero-order chi connectivity index (χ0) is 18.0. The zero-order valence-electron chi connectivity index (χ0n) is 15.2. The predicted octanol–water partition coefficient (Wildman–Crippen LogP) is 3.14. The number of pyridine rings is 2. The summed E-state index contributed by atoms with van der Waals surface area (Å²) >= 11 is 0. The van der Waals surface area contributed by atoms with Gasteiger partial charge >= 0.3 is 0 Å². The van der Waals surface area contributed by atoms with E-state index < -0.39 is 0 Å². The van der Waals surface area contributed by atoms with Crippen LogP contribution in [0.3, 0.4) is 0 Å². The highest BCUT2D eigenvalue weighted by Gasteiger charge is 2.32. The van der Waals surface area contributed by atoms with Crippen LogP contribution in [0.5, 0.6) is 0 Å². The molecule has 0 bridgehead atoms. The van der Waals surface area contributed by atoms with Crippen molar-refractivity contribution < 1.29 is 19.7 Å². The fraction of sp³-hybridized carbons (Fsp3) is 0.500. The van der Waals surface area contributed by atoms with Gasteiger partial charge in [-0.25, -0.2) is 20.4 Å². The Morgan fingerprint density at radius 3 is 1.42 bits per heavy atom. The summed E-state index contributed by atoms with van der Waals surface area (Å²) in [6.45, 7) is 4.30. The molecule has 6 heteroatoms. The number of quaternary nitrogens is 2. The van der Waals surface area contributed by atoms with Crippen LogP contribution >= 0.6 is 0 Å². The quantitative estimate of drug-likeness (QED) is 0.808. The van der Waals surface area contributed by atoms with Crippen LogP contribution in [-0.4, -0.2) is 55.9 Å². The molecule has 0 saturated carbocycles. The predicted molar refractivity (Wildman–Crippen MR) is 96.9 cm³/mol. The Hall–Kier alpha value is -1.86. The molecule has 2 aromatic heterocycles. The molecule has 2 aromatic rings. The van der Waals surface area contributed by atoms with E-state index in [9.17, 15) is 10.4 Å². The van der Waals surface area contributed by atoms with Crippen molar-refractivity contribution in [3.8, 4) is 11.4 Å². The first-order chi connectivity index (χ1) is 12.5. The Kier molecular flexibility index (Phi) is 4.75. The van der Waals surface area contributed by atoms with Gasteiger partial charge in [-0.15, -0.1) is 0 Å². The Morgan fingerprint density at radius 2 is 1.04 bits per heavy atom. The van der Waals surface area contributed by atoms with Crippen molar-refractivity contribution in [1.82, 2.24) is 9.97 Å². The van der Waals surface area contributed by atoms with E-state index in [0.717, 1.165) is 74.6 Å². The third-order valence-electron chi connectivity index (χ3n) is 5.59. The van der Waals surface area contributed by atoms with E-state index in [-0.39, 0.29) is 9.29 Å². The molecule has 0 spiro atoms. The monoisotopic (exact) mass is 356 g/mol. The van der Waals surface area contributed by atoms with Gasteiger partial charge in [0.25, 0.3) is 0 Å². The second-order valence-electron chi connectivity index (χ2n) is 7.84. The highest BCUT2D eigenvalue weighted by Crippen LogP contribution is 2.23. The number of rotatable bonds is 5. The Bertz CT molecular complexity index is 702. The van der Waals surface area contributed by atoms with Gasteiger partial charge in [-0.3, -0.25) is 0 Å². The van der Waals surface area contributed by atoms with Gasteiger partial charge in [-0.1, -0.05) is 12.1 Å². The minimum absolute atomic E-state index is 0.0917. The fourth-order valence-electron chi connectivity index (χ4n) is 4.19. The van der Waals surface area contributed by atoms with Gasteiger partial charge in [0.05, 0.1) is 22.8 Å². The highest BCUT2D eigenvalue weighted by atomic mass is 16.5. The first kappa shape index (κ1) is 17.5. The van der Waals surface area contributed by atoms with E-state index in [1.807, 2.05) is 36.4 Å². The molecule has 0 radical (unpaired) electrons. The number of hydrogen-bond donors (Lipinski definition) is 2. The maximum atomic E-state index is 10.6. The molecule has 0 atom stereocenters. The first-order valence-electron chi connectivity index (χ1n) is 9.64. The lowest BCUT2D eigenvalue weighted by Crippen LogP contribution is -2.41. The average molecular weight is 356 g/mol. The smallest absolute Gasteiger partial charge is 0.151 e. The van der Waals surface area contributed by atoms with E-state index in [1.54, 1.807) is 0 Å². The van der Waals surface area contributed by atoms with Crippen LogP contribution in [0.1, 0.15) is 37.1 Å². The van der Waals surface area contributed by atoms with Crippen LogP contribution < -0.4 is 0 Å². The van der Waals surface area contributed by atoms with Crippen molar-refractivity contribution >= 4 is 0 Å². The molecule has 2 saturated heterocycles. The maximum absolute atomic E-state index is 10.6. The normalized spacial score (nSPS) is 21.2. The first-order valence-corrected chi connectivity index (χ1v) is 9.64. The van der Waals surface area contributed by atoms with Crippen molar-refractivity contribution in [3.05, 3.63) is 47.8 Å². The second kappa shape index (κ2) is 7.04. The summed E-state index contributed by atoms with van der Waals surface area (Å²) in [5.74, 6) is 0. The molecule has 4 heterocycles. The fourth-order valence-corrected chi connectivity index (χ4v) is 4.19. The van der Waals surface area contributed by atoms with Crippen LogP contribution in [0.15, 0.2) is 36.4 Å². The van der Waals surface area contributed by atoms with Gasteiger partial charge in [-0.2, -0.15) is 9.29 Å². The van der Waals surface area contributed by atoms with Gasteiger partial charge in [0, 0.05) is 25.7 Å². The Balaban J connectivity index is 1.54. The molecule has 138 valence electrons. The van der Waals surface area contributed by atoms with Crippen molar-refractivity contribution in [2.24, 2.45) is 0 Å². The minimum atomic E-state index is 0.0917. The number of hydrogen-bond acceptors (Lipinski definition) is 4. The molecule has 0 amide bonds. The molecule has 0 unspecified atom stereocenters. The van der Waals surface area contributed by atoms with Crippen LogP contribution in [0.4, 0.5) is 0 Å². The SMILES string of the molecule is O[N+]1(Cc2cccc(-c3cccc(C[N+]4(O)CCCC4)n3)n2)CCCC1. The van der Waals surface area contributed by atoms with Gasteiger partial charge in [0.15, 0.2) is 13.1 Å². The molecule has 0 aliphatic carbocycles. The van der Waals surface area contributed by atoms with E-state index in [2.05, 4.69) is 0 Å². The third-order valence-corrected chi connectivity index (χ3v) is 5.59. The van der Waals surface area contributed by atoms with Crippen LogP contribution in [0.2, 0.25) is 0 Å². The Morgan fingerprint density at radius 1 is 0.654 bits per heavy atom. The molecule has 2 fully saturated rings. The highest BCUT2D eigenvalue weighted by molar-refractivity contribution is 5.54. The molecule has 26 heavy (non-hydrogen) atoms. The van der Waals surface area contributed by atoms with E-state index in [1.165, 1.54) is 0 Å². The zero-order valence-corrected chi connectivity index (χ0v) is 15.2. The number of aromatic nitrogens is 2. The summed E-state index contributed by atoms with van der Waals surface area (Å²) in [6.07, 6.45) is 4.28. The van der Waals surface area contributed by atoms with Crippen LogP contribution in [0.25, 0.3) is 11.4 Å². The summed E-state index contributed by atoms with van der Waals surface area (Å²) in [5, 5.41) is 21.2. The second-order valence-corrected chi connectivity index (χ2v) is 7.84. The van der Waals surface area contributed by atoms with Crippen molar-refractivity contribution in [2.45, 2.75) is 38.8 Å². The lowest BCUT2D eigenvalue weighted by molar-refractivity contribution is -1.10. The standard InChI is InChI=1S/C20H28N4O2/c25-23(11-1-2-12-23)15-17-7-5-9-19(21-17)20-10-6-8-18(22-20)16-24(26)13-3-4-14-24/h5-10,25-26H,1-4,11-16H2/q+2. The van der Waals surface area contributed by atoms with E-state index in [0.29, 0.717) is 13.1 Å². The molecule has 2 N–H and O–H groups in total. The molecule has 6 nitrogen and oxygen atoms in total. The summed E-state index contributed by atoms with van der Waals surface area (Å²) in [4.78, 5) is 9.47. The van der Waals surface area contributed by atoms with Crippen molar-refractivity contribution in [1.29, 1.82) is 0 Å². The summed E-state index contributed by atoms with van der Waals surface area (Å²) in [6, 6.07) is 11.8. The number of nitrogens with zero attached hydrogens (tertiary/aromatic N) is 4. The van der Waals surface area contributed by atoms with Crippen LogP contribution in [0, 0.1) is 0 Å². The summed E-state index contributed by atoms with van der Waals surface area (Å²) in [7, 11) is 0. The van der Waals surface area contributed by atoms with E-state index >= 15 is 0 Å². The molecular weight excluding hydrogens is 328 g/mol. The third kappa shape index (κ3) is 3.94. The van der Waals surface area contributed by atoms with Gasteiger partial charge in [0.2, 0.25) is 0 Å². The molecule has 2 aliphatic rings. The van der Waals surface area contributed by atoms with Gasteiger partial charge < -0.3 is 0 Å². The number of hydroxylamine groups is 6. The molecule has 0 aromatic carbocycles. The van der Waals surface area contributed by atoms with Crippen molar-refractivity contribution in [3.63, 3.8) is 0 Å². The minimum Gasteiger partial charge on any atom is -0.245 e. The average Bonchev–Trinajstić information content (AvgIpc) is 3.24. The summed E-state index contributed by atoms with van der Waals surface area (Å²) < 4.78 is 0.183. The molecule has 2 aliphatic heterocycles. The maximum Gasteiger partial charge on any atom is 0.151 e. The largest absolute Gasteiger partial charge is 0.245 e. The topological polar surface area (TPSA) is 66.2 Å². The van der Waals surface area contributed by atoms with Gasteiger partial charge in [-0.05, 0) is 24.3 Å². The molecular formula is C20H28N4O2+2. The number of likely N-dealkylation sites (tertiary alicyclic amines) is 2. The Labute approximate surface area is 154 Å². The summed E-state index contributed by atoms with van der Waals surface area (Å²) in [5.41, 5.74) is 3.43. The lowest BCUT2D eigenvalue weighted by atomic mass is 10.2.